The van der Waals surface area contributed by atoms with Crippen molar-refractivity contribution in [2.45, 2.75) is 6.92 Å². The molecule has 0 spiro atoms. The van der Waals surface area contributed by atoms with Crippen LogP contribution < -0.4 is 0 Å². The first-order valence-corrected chi connectivity index (χ1v) is 4.58. The highest BCUT2D eigenvalue weighted by molar-refractivity contribution is 5.72. The van der Waals surface area contributed by atoms with Crippen molar-refractivity contribution in [2.75, 3.05) is 40.7 Å². The van der Waals surface area contributed by atoms with Gasteiger partial charge in [0.2, 0.25) is 6.80 Å². The van der Waals surface area contributed by atoms with Gasteiger partial charge in [-0.05, 0) is 6.92 Å². The molecule has 0 saturated heterocycles. The zero-order chi connectivity index (χ0) is 11.2. The largest absolute Gasteiger partial charge is 0.459 e. The Labute approximate surface area is 83.9 Å². The van der Waals surface area contributed by atoms with E-state index in [9.17, 15) is 9.18 Å². The fourth-order valence-electron chi connectivity index (χ4n) is 0.670. The van der Waals surface area contributed by atoms with Crippen LogP contribution in [0.1, 0.15) is 6.92 Å². The topological polar surface area (TPSA) is 46.5 Å². The molecular formula is C9H19FNO3+. The first-order valence-electron chi connectivity index (χ1n) is 4.58. The van der Waals surface area contributed by atoms with Gasteiger partial charge >= 0.3 is 5.97 Å². The Morgan fingerprint density at radius 3 is 2.57 bits per heavy atom. The summed E-state index contributed by atoms with van der Waals surface area (Å²) in [5.74, 6) is -0.942. The van der Waals surface area contributed by atoms with E-state index < -0.39 is 18.7 Å². The minimum absolute atomic E-state index is 0.167. The molecule has 0 aromatic heterocycles. The zero-order valence-corrected chi connectivity index (χ0v) is 8.99. The van der Waals surface area contributed by atoms with E-state index in [1.165, 1.54) is 0 Å². The van der Waals surface area contributed by atoms with Crippen molar-refractivity contribution in [3.8, 4) is 0 Å². The molecule has 1 N–H and O–H groups in total. The number of carbonyl (C=O) groups excluding carboxylic acids is 1. The minimum Gasteiger partial charge on any atom is -0.459 e. The summed E-state index contributed by atoms with van der Waals surface area (Å²) in [7, 11) is 3.42. The number of alkyl halides is 1. The van der Waals surface area contributed by atoms with Crippen LogP contribution in [-0.2, 0) is 9.53 Å². The zero-order valence-electron chi connectivity index (χ0n) is 8.99. The fourth-order valence-corrected chi connectivity index (χ4v) is 0.670. The van der Waals surface area contributed by atoms with Crippen molar-refractivity contribution in [1.29, 1.82) is 0 Å². The maximum Gasteiger partial charge on any atom is 0.311 e. The number of likely N-dealkylation sites (N-methyl/N-ethyl adjacent to an activating group) is 1. The summed E-state index contributed by atoms with van der Waals surface area (Å²) in [5.41, 5.74) is 0. The van der Waals surface area contributed by atoms with Crippen molar-refractivity contribution in [1.82, 2.24) is 0 Å². The monoisotopic (exact) mass is 208 g/mol. The lowest BCUT2D eigenvalue weighted by atomic mass is 10.2. The second-order valence-corrected chi connectivity index (χ2v) is 4.03. The van der Waals surface area contributed by atoms with Gasteiger partial charge < -0.3 is 9.84 Å². The number of aliphatic hydroxyl groups is 1. The molecule has 0 aliphatic carbocycles. The Balaban J connectivity index is 3.69. The molecular weight excluding hydrogens is 189 g/mol. The number of halogens is 1. The summed E-state index contributed by atoms with van der Waals surface area (Å²) in [6, 6.07) is 0. The highest BCUT2D eigenvalue weighted by atomic mass is 19.1. The lowest BCUT2D eigenvalue weighted by Gasteiger charge is -2.25. The summed E-state index contributed by atoms with van der Waals surface area (Å²) in [6.07, 6.45) is 0. The van der Waals surface area contributed by atoms with Crippen LogP contribution in [0, 0.1) is 5.92 Å². The quantitative estimate of drug-likeness (QED) is 0.384. The Morgan fingerprint density at radius 1 is 1.57 bits per heavy atom. The lowest BCUT2D eigenvalue weighted by molar-refractivity contribution is -0.902. The van der Waals surface area contributed by atoms with Crippen molar-refractivity contribution >= 4 is 5.97 Å². The number of hydrogen-bond acceptors (Lipinski definition) is 3. The number of nitrogens with zero attached hydrogens (tertiary/aromatic N) is 1. The third-order valence-electron chi connectivity index (χ3n) is 1.94. The molecule has 0 aliphatic heterocycles. The maximum atomic E-state index is 12.3. The van der Waals surface area contributed by atoms with Gasteiger partial charge in [-0.2, -0.15) is 4.39 Å². The van der Waals surface area contributed by atoms with Gasteiger partial charge in [0.15, 0.2) is 0 Å². The first kappa shape index (κ1) is 13.3. The fraction of sp³-hybridized carbons (Fsp3) is 0.889. The predicted molar refractivity (Wildman–Crippen MR) is 50.2 cm³/mol. The van der Waals surface area contributed by atoms with Crippen LogP contribution in [0.25, 0.3) is 0 Å². The molecule has 4 nitrogen and oxygen atoms in total. The van der Waals surface area contributed by atoms with Gasteiger partial charge in [0.05, 0.1) is 26.6 Å². The molecule has 14 heavy (non-hydrogen) atoms. The van der Waals surface area contributed by atoms with E-state index in [4.69, 9.17) is 9.84 Å². The average Bonchev–Trinajstić information content (AvgIpc) is 2.16. The van der Waals surface area contributed by atoms with E-state index in [-0.39, 0.29) is 17.7 Å². The Bertz CT molecular complexity index is 185. The molecule has 0 saturated carbocycles. The van der Waals surface area contributed by atoms with Gasteiger partial charge in [-0.15, -0.1) is 0 Å². The van der Waals surface area contributed by atoms with Crippen LogP contribution in [-0.4, -0.2) is 56.2 Å². The van der Waals surface area contributed by atoms with E-state index in [1.54, 1.807) is 21.0 Å². The van der Waals surface area contributed by atoms with Gasteiger partial charge in [-0.1, -0.05) is 0 Å². The standard InChI is InChI=1S/C9H19FNO3/c1-8(6-12)9(13)14-5-4-11(2,3)7-10/h8,12H,4-7H2,1-3H3/q+1. The van der Waals surface area contributed by atoms with E-state index in [0.29, 0.717) is 6.54 Å². The molecule has 5 heteroatoms. The van der Waals surface area contributed by atoms with Gasteiger partial charge in [0.25, 0.3) is 0 Å². The highest BCUT2D eigenvalue weighted by Crippen LogP contribution is 2.00. The summed E-state index contributed by atoms with van der Waals surface area (Å²) < 4.78 is 17.3. The molecule has 0 radical (unpaired) electrons. The second-order valence-electron chi connectivity index (χ2n) is 4.03. The van der Waals surface area contributed by atoms with Crippen LogP contribution >= 0.6 is 0 Å². The SMILES string of the molecule is CC(CO)C(=O)OCC[N+](C)(C)CF. The molecule has 0 heterocycles. The van der Waals surface area contributed by atoms with Gasteiger partial charge in [-0.25, -0.2) is 0 Å². The molecule has 0 aliphatic rings. The van der Waals surface area contributed by atoms with Crippen molar-refractivity contribution < 1.29 is 23.5 Å². The molecule has 0 amide bonds. The summed E-state index contributed by atoms with van der Waals surface area (Å²) in [6.45, 7) is 1.48. The molecule has 0 fully saturated rings. The molecule has 84 valence electrons. The number of aliphatic hydroxyl groups excluding tert-OH is 1. The van der Waals surface area contributed by atoms with Crippen molar-refractivity contribution in [3.05, 3.63) is 0 Å². The Kier molecular flexibility index (Phi) is 5.64. The minimum atomic E-state index is -0.504. The second kappa shape index (κ2) is 5.93. The third-order valence-corrected chi connectivity index (χ3v) is 1.94. The van der Waals surface area contributed by atoms with Crippen molar-refractivity contribution in [2.24, 2.45) is 5.92 Å². The maximum absolute atomic E-state index is 12.3. The molecule has 0 rings (SSSR count). The van der Waals surface area contributed by atoms with Crippen LogP contribution in [0.2, 0.25) is 0 Å². The number of ether oxygens (including phenoxy) is 1. The molecule has 1 unspecified atom stereocenters. The molecule has 1 atom stereocenters. The van der Waals surface area contributed by atoms with E-state index >= 15 is 0 Å². The highest BCUT2D eigenvalue weighted by Gasteiger charge is 2.17. The number of carbonyl (C=O) groups is 1. The average molecular weight is 208 g/mol. The number of quaternary nitrogens is 1. The number of hydrogen-bond donors (Lipinski definition) is 1. The van der Waals surface area contributed by atoms with E-state index in [0.717, 1.165) is 0 Å². The van der Waals surface area contributed by atoms with Crippen LogP contribution in [0.4, 0.5) is 4.39 Å². The van der Waals surface area contributed by atoms with Crippen LogP contribution in [0.5, 0.6) is 0 Å². The van der Waals surface area contributed by atoms with Crippen LogP contribution in [0.3, 0.4) is 0 Å². The van der Waals surface area contributed by atoms with Gasteiger partial charge in [0.1, 0.15) is 13.2 Å². The smallest absolute Gasteiger partial charge is 0.311 e. The summed E-state index contributed by atoms with van der Waals surface area (Å²) in [5, 5.41) is 8.65. The van der Waals surface area contributed by atoms with E-state index in [2.05, 4.69) is 0 Å². The van der Waals surface area contributed by atoms with Crippen molar-refractivity contribution in [3.63, 3.8) is 0 Å². The molecule has 0 aromatic carbocycles. The molecule has 0 bridgehead atoms. The Hall–Kier alpha value is -0.680. The van der Waals surface area contributed by atoms with Crippen LogP contribution in [0.15, 0.2) is 0 Å². The third kappa shape index (κ3) is 5.14. The van der Waals surface area contributed by atoms with Gasteiger partial charge in [-0.3, -0.25) is 9.28 Å². The first-order chi connectivity index (χ1) is 6.43. The predicted octanol–water partition coefficient (Wildman–Crippen LogP) is 0.161. The number of esters is 1. The van der Waals surface area contributed by atoms with Gasteiger partial charge in [0, 0.05) is 0 Å². The molecule has 0 aromatic rings. The Morgan fingerprint density at radius 2 is 2.14 bits per heavy atom. The lowest BCUT2D eigenvalue weighted by Crippen LogP contribution is -2.42. The summed E-state index contributed by atoms with van der Waals surface area (Å²) in [4.78, 5) is 11.1. The number of rotatable bonds is 6. The normalized spacial score (nSPS) is 13.8. The van der Waals surface area contributed by atoms with E-state index in [1.807, 2.05) is 0 Å². The summed E-state index contributed by atoms with van der Waals surface area (Å²) >= 11 is 0.